The van der Waals surface area contributed by atoms with Crippen LogP contribution in [0.1, 0.15) is 40.5 Å². The summed E-state index contributed by atoms with van der Waals surface area (Å²) in [5.74, 6) is 0.835. The summed E-state index contributed by atoms with van der Waals surface area (Å²) in [5, 5.41) is 6.58. The monoisotopic (exact) mass is 253 g/mol. The molecule has 1 amide bonds. The molecule has 1 saturated heterocycles. The van der Waals surface area contributed by atoms with Gasteiger partial charge in [0.15, 0.2) is 0 Å². The van der Waals surface area contributed by atoms with Gasteiger partial charge < -0.3 is 10.6 Å². The summed E-state index contributed by atoms with van der Waals surface area (Å²) in [4.78, 5) is 14.8. The lowest BCUT2D eigenvalue weighted by Crippen LogP contribution is -2.62. The van der Waals surface area contributed by atoms with Gasteiger partial charge in [-0.2, -0.15) is 0 Å². The third kappa shape index (κ3) is 2.86. The molecule has 0 aromatic heterocycles. The molecule has 2 N–H and O–H groups in total. The van der Waals surface area contributed by atoms with Crippen molar-refractivity contribution in [2.24, 2.45) is 5.92 Å². The first-order chi connectivity index (χ1) is 8.34. The molecule has 0 aromatic carbocycles. The Hall–Kier alpha value is -0.610. The zero-order chi connectivity index (χ0) is 13.4. The van der Waals surface area contributed by atoms with Crippen LogP contribution in [-0.4, -0.2) is 48.1 Å². The van der Waals surface area contributed by atoms with E-state index < -0.39 is 5.54 Å². The van der Waals surface area contributed by atoms with E-state index in [0.29, 0.717) is 5.92 Å². The van der Waals surface area contributed by atoms with E-state index >= 15 is 0 Å². The highest BCUT2D eigenvalue weighted by atomic mass is 16.2. The number of carbonyl (C=O) groups excluding carboxylic acids is 1. The third-order valence-electron chi connectivity index (χ3n) is 4.50. The molecule has 4 heteroatoms. The topological polar surface area (TPSA) is 44.4 Å². The van der Waals surface area contributed by atoms with Crippen molar-refractivity contribution >= 4 is 5.91 Å². The first-order valence-electron chi connectivity index (χ1n) is 7.12. The van der Waals surface area contributed by atoms with Crippen LogP contribution in [0.15, 0.2) is 0 Å². The summed E-state index contributed by atoms with van der Waals surface area (Å²) >= 11 is 0. The molecule has 0 unspecified atom stereocenters. The van der Waals surface area contributed by atoms with E-state index in [0.717, 1.165) is 26.2 Å². The van der Waals surface area contributed by atoms with Crippen molar-refractivity contribution in [2.45, 2.75) is 51.6 Å². The molecule has 18 heavy (non-hydrogen) atoms. The smallest absolute Gasteiger partial charge is 0.240 e. The highest BCUT2D eigenvalue weighted by Gasteiger charge is 2.43. The molecule has 1 aliphatic heterocycles. The Kier molecular flexibility index (Phi) is 3.70. The highest BCUT2D eigenvalue weighted by molar-refractivity contribution is 5.86. The van der Waals surface area contributed by atoms with Crippen molar-refractivity contribution in [2.75, 3.05) is 26.2 Å². The van der Waals surface area contributed by atoms with Gasteiger partial charge in [0.1, 0.15) is 0 Å². The van der Waals surface area contributed by atoms with Crippen LogP contribution in [0.5, 0.6) is 0 Å². The van der Waals surface area contributed by atoms with Crippen molar-refractivity contribution in [1.82, 2.24) is 15.5 Å². The van der Waals surface area contributed by atoms with Crippen molar-refractivity contribution in [1.29, 1.82) is 0 Å². The van der Waals surface area contributed by atoms with Gasteiger partial charge in [0, 0.05) is 31.7 Å². The van der Waals surface area contributed by atoms with Gasteiger partial charge in [-0.15, -0.1) is 0 Å². The molecule has 0 bridgehead atoms. The summed E-state index contributed by atoms with van der Waals surface area (Å²) in [6.07, 6.45) is 2.50. The van der Waals surface area contributed by atoms with Gasteiger partial charge in [-0.05, 0) is 46.5 Å². The van der Waals surface area contributed by atoms with Crippen molar-refractivity contribution in [3.8, 4) is 0 Å². The second-order valence-electron chi connectivity index (χ2n) is 6.75. The fourth-order valence-corrected chi connectivity index (χ4v) is 2.72. The molecule has 2 fully saturated rings. The van der Waals surface area contributed by atoms with E-state index in [-0.39, 0.29) is 11.4 Å². The molecular formula is C14H27N3O. The maximum absolute atomic E-state index is 12.5. The summed E-state index contributed by atoms with van der Waals surface area (Å²) in [7, 11) is 0. The summed E-state index contributed by atoms with van der Waals surface area (Å²) in [6.45, 7) is 12.2. The summed E-state index contributed by atoms with van der Waals surface area (Å²) in [5.41, 5.74) is -0.462. The number of hydrogen-bond acceptors (Lipinski definition) is 3. The quantitative estimate of drug-likeness (QED) is 0.785. The van der Waals surface area contributed by atoms with Crippen LogP contribution < -0.4 is 10.6 Å². The van der Waals surface area contributed by atoms with E-state index in [9.17, 15) is 4.79 Å². The predicted octanol–water partition coefficient (Wildman–Crippen LogP) is 0.975. The lowest BCUT2D eigenvalue weighted by Gasteiger charge is -2.41. The third-order valence-corrected chi connectivity index (χ3v) is 4.50. The molecule has 4 nitrogen and oxygen atoms in total. The molecule has 2 aliphatic rings. The minimum Gasteiger partial charge on any atom is -0.349 e. The number of hydrogen-bond donors (Lipinski definition) is 2. The lowest BCUT2D eigenvalue weighted by molar-refractivity contribution is -0.134. The van der Waals surface area contributed by atoms with Crippen LogP contribution in [0.25, 0.3) is 0 Å². The number of piperazine rings is 1. The number of nitrogens with zero attached hydrogens (tertiary/aromatic N) is 1. The van der Waals surface area contributed by atoms with E-state index in [1.165, 1.54) is 12.8 Å². The van der Waals surface area contributed by atoms with Gasteiger partial charge in [0.25, 0.3) is 0 Å². The van der Waals surface area contributed by atoms with Crippen LogP contribution >= 0.6 is 0 Å². The van der Waals surface area contributed by atoms with Crippen LogP contribution in [0.4, 0.5) is 0 Å². The standard InChI is InChI=1S/C14H27N3O/c1-13(2,11-5-6-11)16-12(18)14(3,4)17-9-7-15-8-10-17/h11,15H,5-10H2,1-4H3,(H,16,18). The number of rotatable bonds is 4. The molecule has 0 aromatic rings. The van der Waals surface area contributed by atoms with E-state index in [4.69, 9.17) is 0 Å². The largest absolute Gasteiger partial charge is 0.349 e. The van der Waals surface area contributed by atoms with Crippen LogP contribution in [-0.2, 0) is 4.79 Å². The number of nitrogens with one attached hydrogen (secondary N) is 2. The maximum Gasteiger partial charge on any atom is 0.240 e. The van der Waals surface area contributed by atoms with E-state index in [1.54, 1.807) is 0 Å². The molecule has 0 atom stereocenters. The highest BCUT2D eigenvalue weighted by Crippen LogP contribution is 2.39. The molecule has 1 heterocycles. The molecular weight excluding hydrogens is 226 g/mol. The second kappa shape index (κ2) is 4.82. The summed E-state index contributed by atoms with van der Waals surface area (Å²) < 4.78 is 0. The van der Waals surface area contributed by atoms with Crippen LogP contribution in [0.3, 0.4) is 0 Å². The first-order valence-corrected chi connectivity index (χ1v) is 7.12. The molecule has 0 spiro atoms. The molecule has 2 rings (SSSR count). The zero-order valence-corrected chi connectivity index (χ0v) is 12.2. The average Bonchev–Trinajstić information content (AvgIpc) is 3.13. The van der Waals surface area contributed by atoms with E-state index in [1.807, 2.05) is 13.8 Å². The summed E-state index contributed by atoms with van der Waals surface area (Å²) in [6, 6.07) is 0. The molecule has 1 saturated carbocycles. The van der Waals surface area contributed by atoms with Gasteiger partial charge in [0.2, 0.25) is 5.91 Å². The molecule has 104 valence electrons. The fourth-order valence-electron chi connectivity index (χ4n) is 2.72. The normalized spacial score (nSPS) is 22.9. The Morgan fingerprint density at radius 3 is 2.22 bits per heavy atom. The van der Waals surface area contributed by atoms with Gasteiger partial charge in [-0.25, -0.2) is 0 Å². The average molecular weight is 253 g/mol. The molecule has 0 radical (unpaired) electrons. The second-order valence-corrected chi connectivity index (χ2v) is 6.75. The Morgan fingerprint density at radius 1 is 1.17 bits per heavy atom. The number of amides is 1. The SMILES string of the molecule is CC(C)(NC(=O)C(C)(C)N1CCNCC1)C1CC1. The Morgan fingerprint density at radius 2 is 1.72 bits per heavy atom. The van der Waals surface area contributed by atoms with Gasteiger partial charge in [-0.1, -0.05) is 0 Å². The minimum atomic E-state index is -0.408. The van der Waals surface area contributed by atoms with E-state index in [2.05, 4.69) is 29.4 Å². The first kappa shape index (κ1) is 13.8. The van der Waals surface area contributed by atoms with Crippen molar-refractivity contribution in [3.63, 3.8) is 0 Å². The van der Waals surface area contributed by atoms with Crippen LogP contribution in [0.2, 0.25) is 0 Å². The number of carbonyl (C=O) groups is 1. The fraction of sp³-hybridized carbons (Fsp3) is 0.929. The van der Waals surface area contributed by atoms with Gasteiger partial charge in [0.05, 0.1) is 5.54 Å². The maximum atomic E-state index is 12.5. The lowest BCUT2D eigenvalue weighted by atomic mass is 9.94. The van der Waals surface area contributed by atoms with Crippen molar-refractivity contribution in [3.05, 3.63) is 0 Å². The Balaban J connectivity index is 1.97. The van der Waals surface area contributed by atoms with Gasteiger partial charge in [-0.3, -0.25) is 9.69 Å². The molecule has 1 aliphatic carbocycles. The van der Waals surface area contributed by atoms with Gasteiger partial charge >= 0.3 is 0 Å². The Labute approximate surface area is 110 Å². The predicted molar refractivity (Wildman–Crippen MR) is 73.5 cm³/mol. The minimum absolute atomic E-state index is 0.0532. The zero-order valence-electron chi connectivity index (χ0n) is 12.2. The van der Waals surface area contributed by atoms with Crippen molar-refractivity contribution < 1.29 is 4.79 Å². The van der Waals surface area contributed by atoms with Crippen LogP contribution in [0, 0.1) is 5.92 Å². The Bertz CT molecular complexity index is 315.